The lowest BCUT2D eigenvalue weighted by Gasteiger charge is -2.24. The number of hydrogen-bond acceptors (Lipinski definition) is 5. The molecule has 0 N–H and O–H groups in total. The van der Waals surface area contributed by atoms with Crippen molar-refractivity contribution in [3.05, 3.63) is 323 Å². The molecule has 5 heteroatoms. The molecule has 15 aromatic rings. The van der Waals surface area contributed by atoms with Gasteiger partial charge in [0.25, 0.3) is 0 Å². The standard InChI is InChI=1S/C91H66N4O/c1-89(2)79-49-59(55-17-9-7-10-18-55)29-39-71(79)72-40-30-60(50-80(72)89)61-31-41-73-75-43-33-65(53-83(75)90(3,4)81(73)51-61)77-47-63(28-38-68-36-26-58-22-14-16-24-86(58)93-68)78(48-62(77)27-37-67-35-25-57-21-13-15-23-85(57)92-67)66-34-44-76-74-42-32-64(52-82(74)91(5,6)84(76)54-66)70-46-45-69(56-19-11-8-12-20-56)87-88(70)95-96-94-87/h7-54H,1-6H3/b37-27-,38-28+. The second-order valence-corrected chi connectivity index (χ2v) is 27.8. The molecule has 0 atom stereocenters. The van der Waals surface area contributed by atoms with Gasteiger partial charge in [0.1, 0.15) is 11.0 Å². The van der Waals surface area contributed by atoms with E-state index in [1.54, 1.807) is 0 Å². The van der Waals surface area contributed by atoms with Crippen molar-refractivity contribution in [2.45, 2.75) is 57.8 Å². The first kappa shape index (κ1) is 57.0. The molecular formula is C91H66N4O. The zero-order valence-corrected chi connectivity index (χ0v) is 54.4. The number of pyridine rings is 2. The van der Waals surface area contributed by atoms with Gasteiger partial charge >= 0.3 is 0 Å². The summed E-state index contributed by atoms with van der Waals surface area (Å²) in [4.78, 5) is 10.3. The lowest BCUT2D eigenvalue weighted by atomic mass is 9.79. The molecule has 3 aliphatic rings. The molecule has 5 nitrogen and oxygen atoms in total. The molecule has 0 amide bonds. The first-order valence-corrected chi connectivity index (χ1v) is 33.3. The molecule has 0 bridgehead atoms. The molecule has 3 aliphatic carbocycles. The Bertz CT molecular complexity index is 5800. The third-order valence-electron chi connectivity index (χ3n) is 21.2. The number of benzene rings is 12. The molecule has 0 spiro atoms. The maximum absolute atomic E-state index is 5.46. The van der Waals surface area contributed by atoms with Gasteiger partial charge in [0.15, 0.2) is 0 Å². The van der Waals surface area contributed by atoms with E-state index in [0.717, 1.165) is 99.9 Å². The van der Waals surface area contributed by atoms with E-state index in [1.165, 1.54) is 89.0 Å². The number of hydrogen-bond donors (Lipinski definition) is 0. The van der Waals surface area contributed by atoms with Crippen molar-refractivity contribution in [2.24, 2.45) is 0 Å². The van der Waals surface area contributed by atoms with Crippen LogP contribution in [0, 0.1) is 0 Å². The minimum Gasteiger partial charge on any atom is -0.248 e. The maximum Gasteiger partial charge on any atom is 0.143 e. The van der Waals surface area contributed by atoms with Crippen molar-refractivity contribution in [3.8, 4) is 100 Å². The smallest absolute Gasteiger partial charge is 0.143 e. The summed E-state index contributed by atoms with van der Waals surface area (Å²) in [5, 5.41) is 11.1. The van der Waals surface area contributed by atoms with Crippen LogP contribution in [0.25, 0.3) is 157 Å². The fourth-order valence-corrected chi connectivity index (χ4v) is 15.9. The summed E-state index contributed by atoms with van der Waals surface area (Å²) < 4.78 is 5.46. The van der Waals surface area contributed by atoms with E-state index in [9.17, 15) is 0 Å². The highest BCUT2D eigenvalue weighted by atomic mass is 16.6. The number of nitrogens with zero attached hydrogens (tertiary/aromatic N) is 4. The van der Waals surface area contributed by atoms with E-state index in [1.807, 2.05) is 18.2 Å². The topological polar surface area (TPSA) is 64.7 Å². The average Bonchev–Trinajstić information content (AvgIpc) is 1.56. The van der Waals surface area contributed by atoms with Crippen LogP contribution >= 0.6 is 0 Å². The Hall–Kier alpha value is -11.7. The molecule has 456 valence electrons. The predicted molar refractivity (Wildman–Crippen MR) is 398 cm³/mol. The van der Waals surface area contributed by atoms with Crippen molar-refractivity contribution < 1.29 is 4.63 Å². The second-order valence-electron chi connectivity index (χ2n) is 27.8. The summed E-state index contributed by atoms with van der Waals surface area (Å²) in [5.74, 6) is 0. The SMILES string of the molecule is CC1(C)c2cc(-c3ccccc3)ccc2-c2ccc(-c3ccc4c(c3)C(C)(C)c3cc(-c5cc(/C=C/c6ccc7ccccc7n6)c(-c6ccc7c(c6)C(C)(C)c6cc(-c8ccc(-c9ccccc9)c9nonc89)ccc6-7)cc5/C=C\c5ccc6ccccc6n5)ccc3-4)cc21. The Morgan fingerprint density at radius 1 is 0.250 bits per heavy atom. The van der Waals surface area contributed by atoms with Crippen LogP contribution in [0.1, 0.15) is 97.4 Å². The third-order valence-corrected chi connectivity index (χ3v) is 21.2. The van der Waals surface area contributed by atoms with Gasteiger partial charge in [0.2, 0.25) is 0 Å². The van der Waals surface area contributed by atoms with Crippen LogP contribution in [0.15, 0.2) is 272 Å². The summed E-state index contributed by atoms with van der Waals surface area (Å²) >= 11 is 0. The molecular weight excluding hydrogens is 1170 g/mol. The fourth-order valence-electron chi connectivity index (χ4n) is 15.9. The lowest BCUT2D eigenvalue weighted by molar-refractivity contribution is 0.315. The zero-order valence-electron chi connectivity index (χ0n) is 54.4. The Morgan fingerprint density at radius 3 is 0.969 bits per heavy atom. The van der Waals surface area contributed by atoms with Gasteiger partial charge in [-0.1, -0.05) is 248 Å². The Balaban J connectivity index is 0.745. The highest BCUT2D eigenvalue weighted by molar-refractivity contribution is 6.01. The molecule has 0 radical (unpaired) electrons. The quantitative estimate of drug-likeness (QED) is 0.137. The van der Waals surface area contributed by atoms with Crippen LogP contribution in [-0.2, 0) is 16.2 Å². The van der Waals surface area contributed by atoms with Crippen LogP contribution in [0.4, 0.5) is 0 Å². The maximum atomic E-state index is 5.46. The summed E-state index contributed by atoms with van der Waals surface area (Å²) in [5.41, 5.74) is 35.9. The van der Waals surface area contributed by atoms with E-state index in [-0.39, 0.29) is 16.2 Å². The van der Waals surface area contributed by atoms with E-state index in [2.05, 4.69) is 325 Å². The highest BCUT2D eigenvalue weighted by Crippen LogP contribution is 2.55. The Labute approximate surface area is 559 Å². The molecule has 12 aromatic carbocycles. The summed E-state index contributed by atoms with van der Waals surface area (Å²) in [7, 11) is 0. The molecule has 0 saturated heterocycles. The van der Waals surface area contributed by atoms with Crippen LogP contribution < -0.4 is 0 Å². The van der Waals surface area contributed by atoms with Crippen LogP contribution in [0.3, 0.4) is 0 Å². The van der Waals surface area contributed by atoms with Gasteiger partial charge in [-0.25, -0.2) is 14.6 Å². The number of aromatic nitrogens is 4. The summed E-state index contributed by atoms with van der Waals surface area (Å²) in [6, 6.07) is 97.9. The molecule has 0 unspecified atom stereocenters. The molecule has 0 aliphatic heterocycles. The fraction of sp³-hybridized carbons (Fsp3) is 0.0989. The average molecular weight is 1230 g/mol. The van der Waals surface area contributed by atoms with Crippen molar-refractivity contribution >= 4 is 57.1 Å². The Morgan fingerprint density at radius 2 is 0.562 bits per heavy atom. The first-order valence-electron chi connectivity index (χ1n) is 33.3. The van der Waals surface area contributed by atoms with E-state index in [4.69, 9.17) is 14.6 Å². The van der Waals surface area contributed by atoms with Crippen molar-refractivity contribution in [3.63, 3.8) is 0 Å². The summed E-state index contributed by atoms with van der Waals surface area (Å²) in [6.07, 6.45) is 8.90. The largest absolute Gasteiger partial charge is 0.248 e. The zero-order chi connectivity index (χ0) is 64.6. The van der Waals surface area contributed by atoms with Gasteiger partial charge in [-0.05, 0) is 229 Å². The molecule has 3 aromatic heterocycles. The van der Waals surface area contributed by atoms with Crippen molar-refractivity contribution in [1.82, 2.24) is 20.3 Å². The number of fused-ring (bicyclic) bond motifs is 12. The van der Waals surface area contributed by atoms with E-state index >= 15 is 0 Å². The number of para-hydroxylation sites is 2. The molecule has 18 rings (SSSR count). The van der Waals surface area contributed by atoms with Crippen LogP contribution in [-0.4, -0.2) is 20.3 Å². The summed E-state index contributed by atoms with van der Waals surface area (Å²) in [6.45, 7) is 14.3. The first-order chi connectivity index (χ1) is 46.8. The number of rotatable bonds is 10. The molecule has 0 fully saturated rings. The van der Waals surface area contributed by atoms with Gasteiger partial charge in [-0.2, -0.15) is 0 Å². The van der Waals surface area contributed by atoms with Gasteiger partial charge in [0, 0.05) is 38.1 Å². The van der Waals surface area contributed by atoms with Crippen molar-refractivity contribution in [2.75, 3.05) is 0 Å². The van der Waals surface area contributed by atoms with Crippen molar-refractivity contribution in [1.29, 1.82) is 0 Å². The van der Waals surface area contributed by atoms with E-state index < -0.39 is 0 Å². The lowest BCUT2D eigenvalue weighted by Crippen LogP contribution is -2.15. The van der Waals surface area contributed by atoms with Gasteiger partial charge < -0.3 is 0 Å². The molecule has 0 saturated carbocycles. The van der Waals surface area contributed by atoms with Gasteiger partial charge in [-0.15, -0.1) is 0 Å². The Kier molecular flexibility index (Phi) is 12.9. The van der Waals surface area contributed by atoms with Crippen LogP contribution in [0.5, 0.6) is 0 Å². The normalized spacial score (nSPS) is 14.3. The highest BCUT2D eigenvalue weighted by Gasteiger charge is 2.40. The van der Waals surface area contributed by atoms with Gasteiger partial charge in [0.05, 0.1) is 22.4 Å². The van der Waals surface area contributed by atoms with E-state index in [0.29, 0.717) is 0 Å². The molecule has 3 heterocycles. The second kappa shape index (κ2) is 21.7. The minimum absolute atomic E-state index is 0.157. The van der Waals surface area contributed by atoms with Gasteiger partial charge in [-0.3, -0.25) is 0 Å². The monoisotopic (exact) mass is 1230 g/mol. The minimum atomic E-state index is -0.342. The molecule has 96 heavy (non-hydrogen) atoms. The third kappa shape index (κ3) is 9.20. The predicted octanol–water partition coefficient (Wildman–Crippen LogP) is 23.6. The van der Waals surface area contributed by atoms with Crippen LogP contribution in [0.2, 0.25) is 0 Å².